The van der Waals surface area contributed by atoms with E-state index >= 15 is 0 Å². The molecule has 0 aromatic heterocycles. The van der Waals surface area contributed by atoms with Gasteiger partial charge in [-0.25, -0.2) is 9.59 Å². The predicted molar refractivity (Wildman–Crippen MR) is 130 cm³/mol. The van der Waals surface area contributed by atoms with Crippen LogP contribution < -0.4 is 5.32 Å². The third-order valence-electron chi connectivity index (χ3n) is 7.77. The number of hydrogen-bond acceptors (Lipinski definition) is 5. The number of nitrogens with zero attached hydrogens (tertiary/aromatic N) is 2. The lowest BCUT2D eigenvalue weighted by molar-refractivity contribution is -0.158. The fraction of sp³-hybridized carbons (Fsp3) is 0.444. The van der Waals surface area contributed by atoms with Crippen LogP contribution in [0.25, 0.3) is 11.1 Å². The standard InChI is InChI=1S/C27H31N3O5/c1-29-14-11-27(12-15-29,16-24(31)30-13-10-23(30)25(32)33)28-26(34)35-17-22-20-8-4-2-6-18(20)19-7-3-5-9-21(19)22/h2-9,22-23H,10-17H2,1H3,(H,28,34)(H,32,33). The summed E-state index contributed by atoms with van der Waals surface area (Å²) >= 11 is 0. The molecule has 1 unspecified atom stereocenters. The predicted octanol–water partition coefficient (Wildman–Crippen LogP) is 3.07. The van der Waals surface area contributed by atoms with Gasteiger partial charge in [-0.3, -0.25) is 4.79 Å². The van der Waals surface area contributed by atoms with E-state index in [1.165, 1.54) is 4.90 Å². The quantitative estimate of drug-likeness (QED) is 0.664. The van der Waals surface area contributed by atoms with Crippen LogP contribution in [0.1, 0.15) is 42.7 Å². The summed E-state index contributed by atoms with van der Waals surface area (Å²) in [7, 11) is 2.01. The maximum Gasteiger partial charge on any atom is 0.407 e. The summed E-state index contributed by atoms with van der Waals surface area (Å²) in [6, 6.07) is 15.6. The van der Waals surface area contributed by atoms with Gasteiger partial charge in [0, 0.05) is 25.6 Å². The summed E-state index contributed by atoms with van der Waals surface area (Å²) in [5.74, 6) is -1.25. The van der Waals surface area contributed by atoms with E-state index in [-0.39, 0.29) is 24.9 Å². The molecule has 0 spiro atoms. The average molecular weight is 478 g/mol. The number of hydrogen-bond donors (Lipinski definition) is 2. The Morgan fingerprint density at radius 1 is 1.00 bits per heavy atom. The van der Waals surface area contributed by atoms with Crippen LogP contribution >= 0.6 is 0 Å². The van der Waals surface area contributed by atoms with Crippen LogP contribution in [0.5, 0.6) is 0 Å². The smallest absolute Gasteiger partial charge is 0.407 e. The van der Waals surface area contributed by atoms with E-state index in [0.717, 1.165) is 35.3 Å². The number of fused-ring (bicyclic) bond motifs is 3. The first-order valence-electron chi connectivity index (χ1n) is 12.2. The van der Waals surface area contributed by atoms with Crippen molar-refractivity contribution in [3.63, 3.8) is 0 Å². The van der Waals surface area contributed by atoms with Gasteiger partial charge in [0.15, 0.2) is 0 Å². The minimum atomic E-state index is -0.980. The molecule has 2 amide bonds. The molecule has 2 saturated heterocycles. The van der Waals surface area contributed by atoms with Gasteiger partial charge in [-0.15, -0.1) is 0 Å². The minimum absolute atomic E-state index is 0.0411. The highest BCUT2D eigenvalue weighted by molar-refractivity contribution is 5.86. The number of aliphatic carboxylic acids is 1. The van der Waals surface area contributed by atoms with Crippen molar-refractivity contribution < 1.29 is 24.2 Å². The van der Waals surface area contributed by atoms with E-state index in [1.807, 2.05) is 31.3 Å². The molecule has 2 heterocycles. The lowest BCUT2D eigenvalue weighted by atomic mass is 9.83. The summed E-state index contributed by atoms with van der Waals surface area (Å²) in [5, 5.41) is 12.3. The molecule has 1 aliphatic carbocycles. The fourth-order valence-corrected chi connectivity index (χ4v) is 5.58. The van der Waals surface area contributed by atoms with Gasteiger partial charge in [-0.2, -0.15) is 0 Å². The number of piperidine rings is 1. The van der Waals surface area contributed by atoms with Crippen LogP contribution in [0, 0.1) is 0 Å². The zero-order valence-corrected chi connectivity index (χ0v) is 19.9. The summed E-state index contributed by atoms with van der Waals surface area (Å²) in [5.41, 5.74) is 3.87. The Labute approximate surface area is 204 Å². The van der Waals surface area contributed by atoms with Crippen LogP contribution in [0.3, 0.4) is 0 Å². The monoisotopic (exact) mass is 477 g/mol. The van der Waals surface area contributed by atoms with Crippen molar-refractivity contribution in [3.05, 3.63) is 59.7 Å². The molecule has 0 radical (unpaired) electrons. The molecule has 3 aliphatic rings. The van der Waals surface area contributed by atoms with E-state index in [0.29, 0.717) is 25.8 Å². The second-order valence-electron chi connectivity index (χ2n) is 9.94. The van der Waals surface area contributed by atoms with Crippen molar-refractivity contribution in [3.8, 4) is 11.1 Å². The van der Waals surface area contributed by atoms with Crippen molar-refractivity contribution in [2.75, 3.05) is 33.3 Å². The van der Waals surface area contributed by atoms with E-state index in [2.05, 4.69) is 34.5 Å². The van der Waals surface area contributed by atoms with Gasteiger partial charge >= 0.3 is 12.1 Å². The van der Waals surface area contributed by atoms with Gasteiger partial charge in [-0.1, -0.05) is 48.5 Å². The molecule has 2 aromatic rings. The van der Waals surface area contributed by atoms with Crippen molar-refractivity contribution in [2.24, 2.45) is 0 Å². The third kappa shape index (κ3) is 4.50. The number of carbonyl (C=O) groups excluding carboxylic acids is 2. The first kappa shape index (κ1) is 23.4. The zero-order chi connectivity index (χ0) is 24.6. The molecule has 2 aliphatic heterocycles. The maximum absolute atomic E-state index is 13.0. The molecule has 8 heteroatoms. The average Bonchev–Trinajstić information content (AvgIpc) is 3.12. The largest absolute Gasteiger partial charge is 0.480 e. The topological polar surface area (TPSA) is 99.2 Å². The number of likely N-dealkylation sites (tertiary alicyclic amines) is 2. The first-order chi connectivity index (χ1) is 16.9. The lowest BCUT2D eigenvalue weighted by Gasteiger charge is -2.44. The third-order valence-corrected chi connectivity index (χ3v) is 7.77. The normalized spacial score (nSPS) is 20.9. The highest BCUT2D eigenvalue weighted by Crippen LogP contribution is 2.44. The van der Waals surface area contributed by atoms with E-state index in [4.69, 9.17) is 4.74 Å². The van der Waals surface area contributed by atoms with Crippen LogP contribution in [0.2, 0.25) is 0 Å². The van der Waals surface area contributed by atoms with Gasteiger partial charge in [0.1, 0.15) is 12.6 Å². The van der Waals surface area contributed by atoms with Crippen molar-refractivity contribution in [2.45, 2.75) is 43.2 Å². The summed E-state index contributed by atoms with van der Waals surface area (Å²) < 4.78 is 5.75. The van der Waals surface area contributed by atoms with Crippen molar-refractivity contribution in [1.82, 2.24) is 15.1 Å². The van der Waals surface area contributed by atoms with Crippen molar-refractivity contribution >= 4 is 18.0 Å². The van der Waals surface area contributed by atoms with Gasteiger partial charge in [0.2, 0.25) is 5.91 Å². The fourth-order valence-electron chi connectivity index (χ4n) is 5.58. The number of nitrogens with one attached hydrogen (secondary N) is 1. The molecule has 2 aromatic carbocycles. The van der Waals surface area contributed by atoms with Crippen LogP contribution in [-0.4, -0.2) is 77.7 Å². The zero-order valence-electron chi connectivity index (χ0n) is 19.9. The number of carboxylic acids is 1. The molecule has 2 fully saturated rings. The molecule has 1 atom stereocenters. The van der Waals surface area contributed by atoms with E-state index < -0.39 is 23.6 Å². The molecule has 184 valence electrons. The number of amides is 2. The molecule has 2 N–H and O–H groups in total. The van der Waals surface area contributed by atoms with Gasteiger partial charge in [0.25, 0.3) is 0 Å². The number of rotatable bonds is 6. The van der Waals surface area contributed by atoms with Crippen LogP contribution in [0.4, 0.5) is 4.79 Å². The SMILES string of the molecule is CN1CCC(CC(=O)N2CCC2C(=O)O)(NC(=O)OCC2c3ccccc3-c3ccccc32)CC1. The number of carbonyl (C=O) groups is 3. The van der Waals surface area contributed by atoms with Crippen molar-refractivity contribution in [1.29, 1.82) is 0 Å². The second-order valence-corrected chi connectivity index (χ2v) is 9.94. The molecule has 0 saturated carbocycles. The number of ether oxygens (including phenoxy) is 1. The molecule has 5 rings (SSSR count). The number of benzene rings is 2. The highest BCUT2D eigenvalue weighted by atomic mass is 16.5. The number of carboxylic acid groups (broad SMARTS) is 1. The van der Waals surface area contributed by atoms with E-state index in [1.54, 1.807) is 0 Å². The van der Waals surface area contributed by atoms with Crippen LogP contribution in [0.15, 0.2) is 48.5 Å². The van der Waals surface area contributed by atoms with E-state index in [9.17, 15) is 19.5 Å². The Morgan fingerprint density at radius 3 is 2.14 bits per heavy atom. The highest BCUT2D eigenvalue weighted by Gasteiger charge is 2.43. The molecular weight excluding hydrogens is 446 g/mol. The Morgan fingerprint density at radius 2 is 1.60 bits per heavy atom. The number of alkyl carbamates (subject to hydrolysis) is 1. The summed E-state index contributed by atoms with van der Waals surface area (Å²) in [6.45, 7) is 2.12. The molecule has 0 bridgehead atoms. The Balaban J connectivity index is 1.27. The Kier molecular flexibility index (Phi) is 6.23. The first-order valence-corrected chi connectivity index (χ1v) is 12.2. The lowest BCUT2D eigenvalue weighted by Crippen LogP contribution is -2.60. The van der Waals surface area contributed by atoms with Gasteiger partial charge in [0.05, 0.1) is 12.0 Å². The second kappa shape index (κ2) is 9.34. The molecular formula is C27H31N3O5. The maximum atomic E-state index is 13.0. The van der Waals surface area contributed by atoms with Gasteiger partial charge < -0.3 is 25.0 Å². The Bertz CT molecular complexity index is 1100. The summed E-state index contributed by atoms with van der Waals surface area (Å²) in [6.07, 6.45) is 1.21. The molecule has 35 heavy (non-hydrogen) atoms. The van der Waals surface area contributed by atoms with Gasteiger partial charge in [-0.05, 0) is 48.6 Å². The molecule has 8 nitrogen and oxygen atoms in total. The minimum Gasteiger partial charge on any atom is -0.480 e. The van der Waals surface area contributed by atoms with Crippen LogP contribution in [-0.2, 0) is 14.3 Å². The Hall–Kier alpha value is -3.39. The summed E-state index contributed by atoms with van der Waals surface area (Å²) in [4.78, 5) is 40.9.